The minimum Gasteiger partial charge on any atom is -0.494 e. The number of rotatable bonds is 6. The van der Waals surface area contributed by atoms with Crippen LogP contribution in [0.5, 0.6) is 5.75 Å². The third kappa shape index (κ3) is 4.44. The van der Waals surface area contributed by atoms with Crippen LogP contribution in [0.4, 0.5) is 4.39 Å². The lowest BCUT2D eigenvalue weighted by Gasteiger charge is -2.04. The highest BCUT2D eigenvalue weighted by atomic mass is 19.1. The molecule has 1 rings (SSSR count). The molecule has 0 unspecified atom stereocenters. The Hall–Kier alpha value is -1.58. The van der Waals surface area contributed by atoms with Crippen LogP contribution in [0.25, 0.3) is 0 Å². The molecule has 0 spiro atoms. The molecule has 82 valence electrons. The first-order valence-corrected chi connectivity index (χ1v) is 4.72. The quantitative estimate of drug-likeness (QED) is 0.734. The maximum absolute atomic E-state index is 11.8. The van der Waals surface area contributed by atoms with E-state index >= 15 is 0 Å². The Bertz CT molecular complexity index is 308. The average Bonchev–Trinajstić information content (AvgIpc) is 2.20. The van der Waals surface area contributed by atoms with E-state index in [-0.39, 0.29) is 6.42 Å². The van der Waals surface area contributed by atoms with Crippen LogP contribution in [-0.2, 0) is 11.2 Å². The number of ether oxygens (including phenoxy) is 1. The fourth-order valence-corrected chi connectivity index (χ4v) is 1.12. The first-order chi connectivity index (χ1) is 7.22. The minimum absolute atomic E-state index is 0.00472. The van der Waals surface area contributed by atoms with E-state index in [1.54, 1.807) is 24.3 Å². The Morgan fingerprint density at radius 3 is 2.53 bits per heavy atom. The number of halogens is 1. The van der Waals surface area contributed by atoms with Crippen LogP contribution < -0.4 is 4.74 Å². The standard InChI is InChI=1S/C11H13FO3/c12-6-1-7-15-10-4-2-9(3-5-10)8-11(13)14/h2-5H,1,6-8H2,(H,13,14). The molecule has 0 heterocycles. The van der Waals surface area contributed by atoms with E-state index in [0.29, 0.717) is 18.8 Å². The second-order valence-electron chi connectivity index (χ2n) is 3.11. The first kappa shape index (κ1) is 11.5. The molecule has 0 saturated heterocycles. The van der Waals surface area contributed by atoms with Crippen LogP contribution >= 0.6 is 0 Å². The molecule has 15 heavy (non-hydrogen) atoms. The summed E-state index contributed by atoms with van der Waals surface area (Å²) >= 11 is 0. The Balaban J connectivity index is 2.45. The van der Waals surface area contributed by atoms with E-state index in [1.807, 2.05) is 0 Å². The third-order valence-corrected chi connectivity index (χ3v) is 1.83. The molecule has 0 aliphatic carbocycles. The van der Waals surface area contributed by atoms with Crippen LogP contribution in [0.2, 0.25) is 0 Å². The topological polar surface area (TPSA) is 46.5 Å². The summed E-state index contributed by atoms with van der Waals surface area (Å²) < 4.78 is 17.0. The van der Waals surface area contributed by atoms with Gasteiger partial charge in [0.05, 0.1) is 19.7 Å². The van der Waals surface area contributed by atoms with E-state index in [4.69, 9.17) is 9.84 Å². The van der Waals surface area contributed by atoms with E-state index < -0.39 is 12.6 Å². The number of alkyl halides is 1. The van der Waals surface area contributed by atoms with Crippen LogP contribution in [0.1, 0.15) is 12.0 Å². The molecule has 1 aromatic rings. The van der Waals surface area contributed by atoms with Gasteiger partial charge in [-0.15, -0.1) is 0 Å². The van der Waals surface area contributed by atoms with Gasteiger partial charge >= 0.3 is 5.97 Å². The Morgan fingerprint density at radius 2 is 2.00 bits per heavy atom. The van der Waals surface area contributed by atoms with E-state index in [9.17, 15) is 9.18 Å². The molecule has 0 atom stereocenters. The lowest BCUT2D eigenvalue weighted by molar-refractivity contribution is -0.136. The van der Waals surface area contributed by atoms with Gasteiger partial charge in [0, 0.05) is 6.42 Å². The van der Waals surface area contributed by atoms with Crippen LogP contribution in [0.15, 0.2) is 24.3 Å². The number of carboxylic acid groups (broad SMARTS) is 1. The molecule has 0 aliphatic heterocycles. The molecule has 1 aromatic carbocycles. The van der Waals surface area contributed by atoms with Crippen molar-refractivity contribution in [1.82, 2.24) is 0 Å². The molecular formula is C11H13FO3. The van der Waals surface area contributed by atoms with Crippen molar-refractivity contribution in [3.8, 4) is 5.75 Å². The smallest absolute Gasteiger partial charge is 0.307 e. The number of benzene rings is 1. The summed E-state index contributed by atoms with van der Waals surface area (Å²) in [5, 5.41) is 8.54. The summed E-state index contributed by atoms with van der Waals surface area (Å²) in [5.74, 6) is -0.223. The van der Waals surface area contributed by atoms with Gasteiger partial charge in [0.1, 0.15) is 5.75 Å². The summed E-state index contributed by atoms with van der Waals surface area (Å²) in [6.45, 7) is -0.0497. The zero-order valence-corrected chi connectivity index (χ0v) is 8.28. The van der Waals surface area contributed by atoms with E-state index in [1.165, 1.54) is 0 Å². The minimum atomic E-state index is -0.860. The van der Waals surface area contributed by atoms with Gasteiger partial charge in [0.15, 0.2) is 0 Å². The fraction of sp³-hybridized carbons (Fsp3) is 0.364. The normalized spacial score (nSPS) is 9.93. The summed E-state index contributed by atoms with van der Waals surface area (Å²) in [6.07, 6.45) is 0.377. The van der Waals surface area contributed by atoms with E-state index in [2.05, 4.69) is 0 Å². The van der Waals surface area contributed by atoms with Crippen LogP contribution in [0.3, 0.4) is 0 Å². The Morgan fingerprint density at radius 1 is 1.33 bits per heavy atom. The lowest BCUT2D eigenvalue weighted by Crippen LogP contribution is -2.01. The number of carboxylic acids is 1. The Labute approximate surface area is 87.5 Å². The van der Waals surface area contributed by atoms with Gasteiger partial charge < -0.3 is 9.84 Å². The van der Waals surface area contributed by atoms with Gasteiger partial charge in [-0.05, 0) is 17.7 Å². The summed E-state index contributed by atoms with van der Waals surface area (Å²) in [7, 11) is 0. The molecule has 0 radical (unpaired) electrons. The number of carbonyl (C=O) groups is 1. The van der Waals surface area contributed by atoms with Gasteiger partial charge in [0.25, 0.3) is 0 Å². The van der Waals surface area contributed by atoms with Gasteiger partial charge in [-0.3, -0.25) is 9.18 Å². The van der Waals surface area contributed by atoms with Crippen LogP contribution in [0, 0.1) is 0 Å². The number of hydrogen-bond acceptors (Lipinski definition) is 2. The monoisotopic (exact) mass is 212 g/mol. The summed E-state index contributed by atoms with van der Waals surface area (Å²) in [4.78, 5) is 10.4. The van der Waals surface area contributed by atoms with Gasteiger partial charge in [-0.25, -0.2) is 0 Å². The van der Waals surface area contributed by atoms with Crippen molar-refractivity contribution in [2.45, 2.75) is 12.8 Å². The zero-order valence-electron chi connectivity index (χ0n) is 8.28. The highest BCUT2D eigenvalue weighted by Crippen LogP contribution is 2.12. The third-order valence-electron chi connectivity index (χ3n) is 1.83. The van der Waals surface area contributed by atoms with Crippen molar-refractivity contribution in [2.75, 3.05) is 13.3 Å². The Kier molecular flexibility index (Phi) is 4.60. The number of aliphatic carboxylic acids is 1. The van der Waals surface area contributed by atoms with Crippen molar-refractivity contribution in [3.63, 3.8) is 0 Å². The molecule has 0 amide bonds. The molecule has 1 N–H and O–H groups in total. The molecule has 0 saturated carbocycles. The molecule has 0 aromatic heterocycles. The van der Waals surface area contributed by atoms with Crippen molar-refractivity contribution in [2.24, 2.45) is 0 Å². The molecule has 0 bridgehead atoms. The highest BCUT2D eigenvalue weighted by Gasteiger charge is 2.00. The average molecular weight is 212 g/mol. The molecular weight excluding hydrogens is 199 g/mol. The summed E-state index contributed by atoms with van der Waals surface area (Å²) in [6, 6.07) is 6.77. The van der Waals surface area contributed by atoms with E-state index in [0.717, 1.165) is 5.56 Å². The number of hydrogen-bond donors (Lipinski definition) is 1. The first-order valence-electron chi connectivity index (χ1n) is 4.72. The maximum atomic E-state index is 11.8. The molecule has 0 aliphatic rings. The van der Waals surface area contributed by atoms with Gasteiger partial charge in [-0.1, -0.05) is 12.1 Å². The van der Waals surface area contributed by atoms with Crippen molar-refractivity contribution in [1.29, 1.82) is 0 Å². The SMILES string of the molecule is O=C(O)Cc1ccc(OCCCF)cc1. The fourth-order valence-electron chi connectivity index (χ4n) is 1.12. The lowest BCUT2D eigenvalue weighted by atomic mass is 10.1. The largest absolute Gasteiger partial charge is 0.494 e. The molecule has 3 nitrogen and oxygen atoms in total. The van der Waals surface area contributed by atoms with Gasteiger partial charge in [0.2, 0.25) is 0 Å². The highest BCUT2D eigenvalue weighted by molar-refractivity contribution is 5.70. The van der Waals surface area contributed by atoms with Gasteiger partial charge in [-0.2, -0.15) is 0 Å². The predicted octanol–water partition coefficient (Wildman–Crippen LogP) is 2.05. The second kappa shape index (κ2) is 6.01. The van der Waals surface area contributed by atoms with Crippen molar-refractivity contribution < 1.29 is 19.0 Å². The predicted molar refractivity (Wildman–Crippen MR) is 53.9 cm³/mol. The molecule has 0 fully saturated rings. The maximum Gasteiger partial charge on any atom is 0.307 e. The molecule has 4 heteroatoms. The van der Waals surface area contributed by atoms with Crippen molar-refractivity contribution in [3.05, 3.63) is 29.8 Å². The van der Waals surface area contributed by atoms with Crippen LogP contribution in [-0.4, -0.2) is 24.4 Å². The zero-order chi connectivity index (χ0) is 11.1. The van der Waals surface area contributed by atoms with Crippen molar-refractivity contribution >= 4 is 5.97 Å². The second-order valence-corrected chi connectivity index (χ2v) is 3.11. The summed E-state index contributed by atoms with van der Waals surface area (Å²) in [5.41, 5.74) is 0.723.